The summed E-state index contributed by atoms with van der Waals surface area (Å²) in [6, 6.07) is 0. The van der Waals surface area contributed by atoms with Crippen LogP contribution in [-0.4, -0.2) is 13.1 Å². The maximum Gasteiger partial charge on any atom is 0.0704 e. The quantitative estimate of drug-likeness (QED) is 0.0851. The molecule has 2 aromatic rings. The molecule has 0 bridgehead atoms. The normalized spacial score (nSPS) is 13.1. The van der Waals surface area contributed by atoms with Gasteiger partial charge in [-0.3, -0.25) is 0 Å². The number of hydrogen-bond donors (Lipinski definition) is 2. The van der Waals surface area contributed by atoms with Gasteiger partial charge in [0, 0.05) is 23.8 Å². The Balaban J connectivity index is 1.87. The Bertz CT molecular complexity index is 787. The molecule has 0 aliphatic heterocycles. The zero-order chi connectivity index (χ0) is 30.1. The van der Waals surface area contributed by atoms with Crippen molar-refractivity contribution in [3.63, 3.8) is 0 Å². The minimum atomic E-state index is 0.816. The fourth-order valence-electron chi connectivity index (χ4n) is 6.42. The van der Waals surface area contributed by atoms with E-state index in [-0.39, 0.29) is 0 Å². The zero-order valence-corrected chi connectivity index (χ0v) is 30.1. The van der Waals surface area contributed by atoms with Crippen molar-refractivity contribution in [3.8, 4) is 0 Å². The molecule has 0 aliphatic carbocycles. The van der Waals surface area contributed by atoms with Crippen LogP contribution in [0, 0.1) is 11.8 Å². The minimum Gasteiger partial charge on any atom is -0.383 e. The highest BCUT2D eigenvalue weighted by Gasteiger charge is 2.15. The largest absolute Gasteiger partial charge is 0.383 e. The van der Waals surface area contributed by atoms with Crippen molar-refractivity contribution in [1.29, 1.82) is 0 Å². The van der Waals surface area contributed by atoms with Crippen LogP contribution in [0.2, 0.25) is 0 Å². The Morgan fingerprint density at radius 3 is 1.05 bits per heavy atom. The van der Waals surface area contributed by atoms with E-state index in [0.29, 0.717) is 0 Å². The van der Waals surface area contributed by atoms with E-state index in [1.807, 2.05) is 22.7 Å². The first kappa shape index (κ1) is 37.4. The van der Waals surface area contributed by atoms with Crippen LogP contribution in [0.3, 0.4) is 0 Å². The number of fused-ring (bicyclic) bond motifs is 1. The van der Waals surface area contributed by atoms with E-state index in [0.717, 1.165) is 24.9 Å². The SMILES string of the molecule is CCCCCCCCC(CCCCCC)CNc1csc2c(NCC(CCCCCC)CCCCCCCC)csc12. The standard InChI is InChI=1S/C38H70N2S2/c1-5-9-13-17-19-23-27-33(25-21-15-11-7-3)29-39-35-31-41-38-36(32-42-37(35)38)40-30-34(26-22-16-12-8-4)28-24-20-18-14-10-6-2/h31-34,39-40H,5-30H2,1-4H3. The zero-order valence-electron chi connectivity index (χ0n) is 28.5. The highest BCUT2D eigenvalue weighted by molar-refractivity contribution is 7.28. The summed E-state index contributed by atoms with van der Waals surface area (Å²) < 4.78 is 2.95. The van der Waals surface area contributed by atoms with Crippen LogP contribution >= 0.6 is 22.7 Å². The average molecular weight is 619 g/mol. The molecule has 0 aliphatic rings. The predicted molar refractivity (Wildman–Crippen MR) is 197 cm³/mol. The first-order valence-corrected chi connectivity index (χ1v) is 20.5. The van der Waals surface area contributed by atoms with Gasteiger partial charge in [-0.1, -0.05) is 156 Å². The van der Waals surface area contributed by atoms with Crippen LogP contribution in [0.5, 0.6) is 0 Å². The van der Waals surface area contributed by atoms with Gasteiger partial charge in [-0.15, -0.1) is 22.7 Å². The van der Waals surface area contributed by atoms with Crippen molar-refractivity contribution in [3.05, 3.63) is 10.8 Å². The molecule has 0 spiro atoms. The summed E-state index contributed by atoms with van der Waals surface area (Å²) >= 11 is 3.89. The van der Waals surface area contributed by atoms with Crippen molar-refractivity contribution >= 4 is 43.4 Å². The van der Waals surface area contributed by atoms with Gasteiger partial charge in [0.25, 0.3) is 0 Å². The van der Waals surface area contributed by atoms with Gasteiger partial charge in [0.2, 0.25) is 0 Å². The van der Waals surface area contributed by atoms with E-state index in [2.05, 4.69) is 49.1 Å². The lowest BCUT2D eigenvalue weighted by molar-refractivity contribution is 0.420. The third-order valence-electron chi connectivity index (χ3n) is 9.31. The predicted octanol–water partition coefficient (Wildman–Crippen LogP) is 14.5. The Kier molecular flexibility index (Phi) is 22.8. The molecule has 0 radical (unpaired) electrons. The van der Waals surface area contributed by atoms with Gasteiger partial charge in [-0.25, -0.2) is 0 Å². The van der Waals surface area contributed by atoms with Crippen LogP contribution in [0.4, 0.5) is 11.4 Å². The lowest BCUT2D eigenvalue weighted by atomic mass is 9.94. The van der Waals surface area contributed by atoms with E-state index in [1.54, 1.807) is 0 Å². The van der Waals surface area contributed by atoms with Crippen molar-refractivity contribution in [1.82, 2.24) is 0 Å². The molecule has 2 nitrogen and oxygen atoms in total. The number of rotatable bonds is 30. The monoisotopic (exact) mass is 618 g/mol. The summed E-state index contributed by atoms with van der Waals surface area (Å²) in [5, 5.41) is 12.6. The summed E-state index contributed by atoms with van der Waals surface area (Å²) in [6.07, 6.45) is 33.5. The third kappa shape index (κ3) is 16.4. The Morgan fingerprint density at radius 2 is 0.714 bits per heavy atom. The molecule has 0 amide bonds. The minimum absolute atomic E-state index is 0.816. The van der Waals surface area contributed by atoms with Gasteiger partial charge in [-0.2, -0.15) is 0 Å². The number of thiophene rings is 2. The van der Waals surface area contributed by atoms with Gasteiger partial charge in [0.05, 0.1) is 20.8 Å². The second-order valence-corrected chi connectivity index (χ2v) is 15.0. The number of unbranched alkanes of at least 4 members (excludes halogenated alkanes) is 16. The van der Waals surface area contributed by atoms with Gasteiger partial charge < -0.3 is 10.6 Å². The lowest BCUT2D eigenvalue weighted by Crippen LogP contribution is -2.14. The van der Waals surface area contributed by atoms with Crippen LogP contribution in [-0.2, 0) is 0 Å². The summed E-state index contributed by atoms with van der Waals surface area (Å²) in [5.74, 6) is 1.63. The molecule has 2 heterocycles. The van der Waals surface area contributed by atoms with Crippen molar-refractivity contribution in [2.75, 3.05) is 23.7 Å². The Labute approximate surface area is 270 Å². The third-order valence-corrected chi connectivity index (χ3v) is 11.5. The summed E-state index contributed by atoms with van der Waals surface area (Å²) in [6.45, 7) is 11.6. The number of anilines is 2. The Morgan fingerprint density at radius 1 is 0.429 bits per heavy atom. The fourth-order valence-corrected chi connectivity index (χ4v) is 8.68. The van der Waals surface area contributed by atoms with Gasteiger partial charge in [0.15, 0.2) is 0 Å². The molecule has 0 saturated heterocycles. The molecular weight excluding hydrogens is 549 g/mol. The van der Waals surface area contributed by atoms with Crippen LogP contribution in [0.25, 0.3) is 9.40 Å². The molecule has 2 rings (SSSR count). The molecule has 2 atom stereocenters. The highest BCUT2D eigenvalue weighted by Crippen LogP contribution is 2.41. The van der Waals surface area contributed by atoms with Crippen molar-refractivity contribution in [2.45, 2.75) is 182 Å². The van der Waals surface area contributed by atoms with Crippen molar-refractivity contribution < 1.29 is 0 Å². The molecule has 0 saturated carbocycles. The molecule has 0 fully saturated rings. The molecule has 244 valence electrons. The highest BCUT2D eigenvalue weighted by atomic mass is 32.1. The molecule has 2 unspecified atom stereocenters. The maximum absolute atomic E-state index is 3.93. The smallest absolute Gasteiger partial charge is 0.0704 e. The molecule has 42 heavy (non-hydrogen) atoms. The van der Waals surface area contributed by atoms with E-state index in [4.69, 9.17) is 0 Å². The van der Waals surface area contributed by atoms with Crippen LogP contribution in [0.1, 0.15) is 182 Å². The second-order valence-electron chi connectivity index (χ2n) is 13.3. The second kappa shape index (κ2) is 25.6. The molecule has 0 aromatic carbocycles. The summed E-state index contributed by atoms with van der Waals surface area (Å²) in [4.78, 5) is 0. The van der Waals surface area contributed by atoms with Gasteiger partial charge >= 0.3 is 0 Å². The average Bonchev–Trinajstić information content (AvgIpc) is 3.60. The first-order valence-electron chi connectivity index (χ1n) is 18.7. The van der Waals surface area contributed by atoms with Crippen molar-refractivity contribution in [2.24, 2.45) is 11.8 Å². The van der Waals surface area contributed by atoms with E-state index in [1.165, 1.54) is 175 Å². The Hall–Kier alpha value is -0.740. The summed E-state index contributed by atoms with van der Waals surface area (Å²) in [5.41, 5.74) is 2.77. The number of nitrogens with one attached hydrogen (secondary N) is 2. The molecule has 2 aromatic heterocycles. The van der Waals surface area contributed by atoms with Crippen LogP contribution in [0.15, 0.2) is 10.8 Å². The van der Waals surface area contributed by atoms with Gasteiger partial charge in [0.1, 0.15) is 0 Å². The maximum atomic E-state index is 3.93. The van der Waals surface area contributed by atoms with E-state index < -0.39 is 0 Å². The van der Waals surface area contributed by atoms with Gasteiger partial charge in [-0.05, 0) is 37.5 Å². The topological polar surface area (TPSA) is 24.1 Å². The molecular formula is C38H70N2S2. The molecule has 4 heteroatoms. The lowest BCUT2D eigenvalue weighted by Gasteiger charge is -2.18. The first-order chi connectivity index (χ1) is 20.7. The van der Waals surface area contributed by atoms with Crippen LogP contribution < -0.4 is 10.6 Å². The number of hydrogen-bond acceptors (Lipinski definition) is 4. The fraction of sp³-hybridized carbons (Fsp3) is 0.842. The molecule has 2 N–H and O–H groups in total. The summed E-state index contributed by atoms with van der Waals surface area (Å²) in [7, 11) is 0. The van der Waals surface area contributed by atoms with E-state index >= 15 is 0 Å². The van der Waals surface area contributed by atoms with E-state index in [9.17, 15) is 0 Å².